The van der Waals surface area contributed by atoms with Crippen molar-refractivity contribution in [3.8, 4) is 0 Å². The van der Waals surface area contributed by atoms with Crippen LogP contribution in [0.2, 0.25) is 0 Å². The maximum atomic E-state index is 12.6. The van der Waals surface area contributed by atoms with Gasteiger partial charge in [0, 0.05) is 37.7 Å². The SMILES string of the molecule is CCCNCc1ccc(S(=O)(=O)N(C)C2CCOCC2)s1. The van der Waals surface area contributed by atoms with Crippen LogP contribution in [0.3, 0.4) is 0 Å². The van der Waals surface area contributed by atoms with E-state index in [1.54, 1.807) is 13.1 Å². The van der Waals surface area contributed by atoms with Crippen LogP contribution >= 0.6 is 11.3 Å². The second-order valence-electron chi connectivity index (χ2n) is 5.26. The highest BCUT2D eigenvalue weighted by Crippen LogP contribution is 2.27. The second-order valence-corrected chi connectivity index (χ2v) is 8.65. The summed E-state index contributed by atoms with van der Waals surface area (Å²) in [5.41, 5.74) is 0. The number of rotatable bonds is 7. The van der Waals surface area contributed by atoms with Crippen LogP contribution in [0.5, 0.6) is 0 Å². The lowest BCUT2D eigenvalue weighted by Crippen LogP contribution is -2.40. The minimum atomic E-state index is -3.38. The maximum Gasteiger partial charge on any atom is 0.252 e. The van der Waals surface area contributed by atoms with Crippen LogP contribution in [0.1, 0.15) is 31.1 Å². The lowest BCUT2D eigenvalue weighted by atomic mass is 10.1. The monoisotopic (exact) mass is 332 g/mol. The molecular weight excluding hydrogens is 308 g/mol. The molecule has 0 atom stereocenters. The van der Waals surface area contributed by atoms with E-state index >= 15 is 0 Å². The Balaban J connectivity index is 2.04. The molecule has 1 aromatic rings. The number of sulfonamides is 1. The van der Waals surface area contributed by atoms with E-state index in [1.807, 2.05) is 6.07 Å². The molecule has 0 spiro atoms. The largest absolute Gasteiger partial charge is 0.381 e. The zero-order valence-corrected chi connectivity index (χ0v) is 14.3. The van der Waals surface area contributed by atoms with Gasteiger partial charge in [-0.1, -0.05) is 6.92 Å². The van der Waals surface area contributed by atoms with Crippen molar-refractivity contribution >= 4 is 21.4 Å². The Labute approximate surface area is 131 Å². The molecule has 0 amide bonds. The fourth-order valence-corrected chi connectivity index (χ4v) is 5.29. The van der Waals surface area contributed by atoms with E-state index in [9.17, 15) is 8.42 Å². The molecule has 1 aliphatic rings. The van der Waals surface area contributed by atoms with Crippen molar-refractivity contribution in [2.24, 2.45) is 0 Å². The standard InChI is InChI=1S/C14H24N2O3S2/c1-3-8-15-11-13-4-5-14(20-13)21(17,18)16(2)12-6-9-19-10-7-12/h4-5,12,15H,3,6-11H2,1-2H3. The summed E-state index contributed by atoms with van der Waals surface area (Å²) in [5, 5.41) is 3.29. The molecule has 2 rings (SSSR count). The fraction of sp³-hybridized carbons (Fsp3) is 0.714. The Kier molecular flexibility index (Phi) is 6.19. The third-order valence-electron chi connectivity index (χ3n) is 3.70. The summed E-state index contributed by atoms with van der Waals surface area (Å²) in [7, 11) is -1.70. The molecule has 7 heteroatoms. The summed E-state index contributed by atoms with van der Waals surface area (Å²) in [4.78, 5) is 1.06. The van der Waals surface area contributed by atoms with Crippen molar-refractivity contribution in [1.82, 2.24) is 9.62 Å². The zero-order chi connectivity index (χ0) is 15.3. The van der Waals surface area contributed by atoms with Crippen molar-refractivity contribution in [3.05, 3.63) is 17.0 Å². The lowest BCUT2D eigenvalue weighted by Gasteiger charge is -2.29. The topological polar surface area (TPSA) is 58.6 Å². The minimum absolute atomic E-state index is 0.0486. The molecule has 0 bridgehead atoms. The Morgan fingerprint density at radius 2 is 2.10 bits per heavy atom. The summed E-state index contributed by atoms with van der Waals surface area (Å²) < 4.78 is 32.6. The van der Waals surface area contributed by atoms with E-state index in [2.05, 4.69) is 12.2 Å². The highest BCUT2D eigenvalue weighted by atomic mass is 32.2. The smallest absolute Gasteiger partial charge is 0.252 e. The van der Waals surface area contributed by atoms with E-state index in [1.165, 1.54) is 15.6 Å². The number of nitrogens with one attached hydrogen (secondary N) is 1. The number of thiophene rings is 1. The molecule has 1 saturated heterocycles. The van der Waals surface area contributed by atoms with Gasteiger partial charge in [-0.05, 0) is 37.9 Å². The van der Waals surface area contributed by atoms with Gasteiger partial charge in [0.2, 0.25) is 0 Å². The van der Waals surface area contributed by atoms with Crippen LogP contribution < -0.4 is 5.32 Å². The third-order valence-corrected chi connectivity index (χ3v) is 7.16. The van der Waals surface area contributed by atoms with E-state index < -0.39 is 10.0 Å². The molecular formula is C14H24N2O3S2. The highest BCUT2D eigenvalue weighted by Gasteiger charge is 2.30. The summed E-state index contributed by atoms with van der Waals surface area (Å²) in [6.45, 7) is 5.07. The van der Waals surface area contributed by atoms with E-state index in [-0.39, 0.29) is 6.04 Å². The fourth-order valence-electron chi connectivity index (χ4n) is 2.37. The Morgan fingerprint density at radius 1 is 1.38 bits per heavy atom. The van der Waals surface area contributed by atoms with Crippen LogP contribution in [-0.4, -0.2) is 45.6 Å². The van der Waals surface area contributed by atoms with Crippen LogP contribution in [0.25, 0.3) is 0 Å². The minimum Gasteiger partial charge on any atom is -0.381 e. The molecule has 1 N–H and O–H groups in total. The lowest BCUT2D eigenvalue weighted by molar-refractivity contribution is 0.0632. The first-order chi connectivity index (χ1) is 10.1. The van der Waals surface area contributed by atoms with Crippen molar-refractivity contribution in [2.75, 3.05) is 26.8 Å². The summed E-state index contributed by atoms with van der Waals surface area (Å²) in [6, 6.07) is 3.67. The first-order valence-electron chi connectivity index (χ1n) is 7.41. The Bertz CT molecular complexity index is 536. The molecule has 2 heterocycles. The van der Waals surface area contributed by atoms with Gasteiger partial charge in [-0.15, -0.1) is 11.3 Å². The van der Waals surface area contributed by atoms with Crippen molar-refractivity contribution in [2.45, 2.75) is 43.0 Å². The predicted octanol–water partition coefficient (Wildman–Crippen LogP) is 2.05. The molecule has 0 unspecified atom stereocenters. The number of hydrogen-bond donors (Lipinski definition) is 1. The Morgan fingerprint density at radius 3 is 2.76 bits per heavy atom. The molecule has 0 aliphatic carbocycles. The molecule has 120 valence electrons. The zero-order valence-electron chi connectivity index (χ0n) is 12.7. The van der Waals surface area contributed by atoms with Gasteiger partial charge < -0.3 is 10.1 Å². The van der Waals surface area contributed by atoms with Crippen molar-refractivity contribution in [3.63, 3.8) is 0 Å². The summed E-state index contributed by atoms with van der Waals surface area (Å²) >= 11 is 1.36. The molecule has 0 radical (unpaired) electrons. The maximum absolute atomic E-state index is 12.6. The third kappa shape index (κ3) is 4.26. The van der Waals surface area contributed by atoms with E-state index in [4.69, 9.17) is 4.74 Å². The van der Waals surface area contributed by atoms with E-state index in [0.717, 1.165) is 37.2 Å². The average molecular weight is 332 g/mol. The molecule has 21 heavy (non-hydrogen) atoms. The first-order valence-corrected chi connectivity index (χ1v) is 9.66. The van der Waals surface area contributed by atoms with Gasteiger partial charge in [-0.25, -0.2) is 8.42 Å². The van der Waals surface area contributed by atoms with Crippen molar-refractivity contribution in [1.29, 1.82) is 0 Å². The van der Waals surface area contributed by atoms with Gasteiger partial charge in [0.15, 0.2) is 0 Å². The number of ether oxygens (including phenoxy) is 1. The predicted molar refractivity (Wildman–Crippen MR) is 85.1 cm³/mol. The van der Waals surface area contributed by atoms with Crippen LogP contribution in [-0.2, 0) is 21.3 Å². The summed E-state index contributed by atoms with van der Waals surface area (Å²) in [6.07, 6.45) is 2.61. The molecule has 1 aliphatic heterocycles. The average Bonchev–Trinajstić information content (AvgIpc) is 2.97. The molecule has 5 nitrogen and oxygen atoms in total. The molecule has 1 fully saturated rings. The highest BCUT2D eigenvalue weighted by molar-refractivity contribution is 7.91. The first kappa shape index (κ1) is 16.9. The van der Waals surface area contributed by atoms with Crippen LogP contribution in [0.15, 0.2) is 16.3 Å². The van der Waals surface area contributed by atoms with E-state index in [0.29, 0.717) is 17.4 Å². The number of hydrogen-bond acceptors (Lipinski definition) is 5. The molecule has 1 aromatic heterocycles. The summed E-state index contributed by atoms with van der Waals surface area (Å²) in [5.74, 6) is 0. The normalized spacial score (nSPS) is 17.5. The Hall–Kier alpha value is -0.470. The quantitative estimate of drug-likeness (QED) is 0.777. The van der Waals surface area contributed by atoms with Crippen LogP contribution in [0.4, 0.5) is 0 Å². The van der Waals surface area contributed by atoms with Gasteiger partial charge in [0.1, 0.15) is 4.21 Å². The van der Waals surface area contributed by atoms with Gasteiger partial charge in [0.05, 0.1) is 0 Å². The second kappa shape index (κ2) is 7.69. The molecule has 0 aromatic carbocycles. The van der Waals surface area contributed by atoms with Gasteiger partial charge >= 0.3 is 0 Å². The number of nitrogens with zero attached hydrogens (tertiary/aromatic N) is 1. The van der Waals surface area contributed by atoms with Gasteiger partial charge in [-0.3, -0.25) is 0 Å². The van der Waals surface area contributed by atoms with Gasteiger partial charge in [0.25, 0.3) is 10.0 Å². The van der Waals surface area contributed by atoms with Crippen molar-refractivity contribution < 1.29 is 13.2 Å². The molecule has 0 saturated carbocycles. The van der Waals surface area contributed by atoms with Crippen LogP contribution in [0, 0.1) is 0 Å². The van der Waals surface area contributed by atoms with Gasteiger partial charge in [-0.2, -0.15) is 4.31 Å².